The maximum atomic E-state index is 12.6. The molecule has 0 atom stereocenters. The Morgan fingerprint density at radius 3 is 2.48 bits per heavy atom. The summed E-state index contributed by atoms with van der Waals surface area (Å²) in [6.07, 6.45) is 1.36. The molecule has 1 aliphatic heterocycles. The van der Waals surface area contributed by atoms with Crippen LogP contribution in [0.3, 0.4) is 0 Å². The van der Waals surface area contributed by atoms with E-state index in [9.17, 15) is 18.0 Å². The van der Waals surface area contributed by atoms with E-state index in [2.05, 4.69) is 23.3 Å². The number of hydrogen-bond acceptors (Lipinski definition) is 8. The third-order valence-corrected chi connectivity index (χ3v) is 5.29. The minimum Gasteiger partial charge on any atom is -0.378 e. The van der Waals surface area contributed by atoms with E-state index < -0.39 is 21.8 Å². The average molecular weight is 442 g/mol. The molecule has 0 aliphatic carbocycles. The highest BCUT2D eigenvalue weighted by Crippen LogP contribution is 2.19. The van der Waals surface area contributed by atoms with Crippen molar-refractivity contribution in [2.45, 2.75) is 11.8 Å². The number of Topliss-reactive ketones (excluding diaryl/α,β-unsaturated/α-hetero) is 1. The summed E-state index contributed by atoms with van der Waals surface area (Å²) in [7, 11) is -2.71. The zero-order chi connectivity index (χ0) is 21.6. The van der Waals surface area contributed by atoms with Crippen molar-refractivity contribution in [3.63, 3.8) is 0 Å². The second-order valence-electron chi connectivity index (χ2n) is 6.15. The Morgan fingerprint density at radius 1 is 1.28 bits per heavy atom. The molecular formula is C18H23N3O6S2. The first-order chi connectivity index (χ1) is 13.6. The molecule has 29 heavy (non-hydrogen) atoms. The number of morpholine rings is 1. The molecule has 1 amide bonds. The van der Waals surface area contributed by atoms with Gasteiger partial charge in [0.15, 0.2) is 5.78 Å². The fraction of sp³-hybridized carbons (Fsp3) is 0.333. The molecule has 1 fully saturated rings. The molecular weight excluding hydrogens is 418 g/mol. The number of carbonyl (C=O) groups excluding carboxylic acids is 2. The summed E-state index contributed by atoms with van der Waals surface area (Å²) in [5, 5.41) is 5.48. The van der Waals surface area contributed by atoms with Crippen LogP contribution in [0.1, 0.15) is 6.92 Å². The van der Waals surface area contributed by atoms with Crippen LogP contribution in [0.25, 0.3) is 0 Å². The number of thiol groups is 1. The van der Waals surface area contributed by atoms with E-state index in [0.717, 1.165) is 6.07 Å². The summed E-state index contributed by atoms with van der Waals surface area (Å²) in [5.41, 5.74) is -0.0442. The Labute approximate surface area is 175 Å². The number of carbonyl (C=O) groups is 2. The van der Waals surface area contributed by atoms with E-state index in [4.69, 9.17) is 9.29 Å². The summed E-state index contributed by atoms with van der Waals surface area (Å²) >= 11 is 4.44. The van der Waals surface area contributed by atoms with Gasteiger partial charge in [-0.1, -0.05) is 6.07 Å². The number of nitrogens with zero attached hydrogens (tertiary/aromatic N) is 1. The van der Waals surface area contributed by atoms with Gasteiger partial charge in [-0.15, -0.1) is 12.6 Å². The van der Waals surface area contributed by atoms with E-state index in [1.807, 2.05) is 4.90 Å². The van der Waals surface area contributed by atoms with Gasteiger partial charge in [0.25, 0.3) is 16.0 Å². The molecule has 0 aromatic heterocycles. The largest absolute Gasteiger partial charge is 0.378 e. The SMILES string of the molecule is CN/C(=C(S)/C=C(/C(C)=O)C(=O)Nc1cccc(S(=O)(=O)O)c1)N1CCOCC1. The van der Waals surface area contributed by atoms with Gasteiger partial charge in [-0.2, -0.15) is 8.42 Å². The van der Waals surface area contributed by atoms with E-state index in [-0.39, 0.29) is 16.2 Å². The van der Waals surface area contributed by atoms with E-state index in [1.54, 1.807) is 7.05 Å². The minimum absolute atomic E-state index is 0.115. The average Bonchev–Trinajstić information content (AvgIpc) is 2.66. The molecule has 1 aliphatic rings. The quantitative estimate of drug-likeness (QED) is 0.124. The van der Waals surface area contributed by atoms with Crippen LogP contribution < -0.4 is 10.6 Å². The molecule has 1 saturated heterocycles. The van der Waals surface area contributed by atoms with Gasteiger partial charge in [0.2, 0.25) is 0 Å². The van der Waals surface area contributed by atoms with Crippen LogP contribution in [0.2, 0.25) is 0 Å². The Kier molecular flexibility index (Phi) is 7.85. The molecule has 1 heterocycles. The number of anilines is 1. The number of ketones is 1. The van der Waals surface area contributed by atoms with Crippen LogP contribution in [-0.4, -0.2) is 62.9 Å². The van der Waals surface area contributed by atoms with E-state index >= 15 is 0 Å². The first-order valence-electron chi connectivity index (χ1n) is 8.68. The summed E-state index contributed by atoms with van der Waals surface area (Å²) < 4.78 is 37.0. The molecule has 158 valence electrons. The van der Waals surface area contributed by atoms with Crippen LogP contribution >= 0.6 is 12.6 Å². The van der Waals surface area contributed by atoms with Crippen LogP contribution in [0.5, 0.6) is 0 Å². The number of allylic oxidation sites excluding steroid dienone is 1. The van der Waals surface area contributed by atoms with Crippen molar-refractivity contribution in [2.75, 3.05) is 38.7 Å². The number of ether oxygens (including phenoxy) is 1. The molecule has 2 rings (SSSR count). The molecule has 0 unspecified atom stereocenters. The van der Waals surface area contributed by atoms with Crippen molar-refractivity contribution >= 4 is 40.1 Å². The number of amides is 1. The van der Waals surface area contributed by atoms with Gasteiger partial charge in [-0.05, 0) is 31.2 Å². The highest BCUT2D eigenvalue weighted by atomic mass is 32.2. The third kappa shape index (κ3) is 6.32. The summed E-state index contributed by atoms with van der Waals surface area (Å²) in [4.78, 5) is 26.7. The molecule has 0 radical (unpaired) electrons. The van der Waals surface area contributed by atoms with Gasteiger partial charge >= 0.3 is 0 Å². The third-order valence-electron chi connectivity index (χ3n) is 4.10. The second-order valence-corrected chi connectivity index (χ2v) is 8.06. The van der Waals surface area contributed by atoms with Gasteiger partial charge in [-0.3, -0.25) is 14.1 Å². The standard InChI is InChI=1S/C18H23N3O6S2/c1-12(22)15(11-16(28)17(19-2)21-6-8-27-9-7-21)18(23)20-13-4-3-5-14(10-13)29(24,25)26/h3-5,10-11,19,28H,6-9H2,1-2H3,(H,20,23)(H,24,25,26)/b15-11-,17-16+. The second kappa shape index (κ2) is 9.92. The van der Waals surface area contributed by atoms with Crippen LogP contribution in [0.15, 0.2) is 51.5 Å². The highest BCUT2D eigenvalue weighted by Gasteiger charge is 2.19. The summed E-state index contributed by atoms with van der Waals surface area (Å²) in [6, 6.07) is 5.07. The van der Waals surface area contributed by atoms with Crippen molar-refractivity contribution < 1.29 is 27.3 Å². The Morgan fingerprint density at radius 2 is 1.93 bits per heavy atom. The number of rotatable bonds is 7. The van der Waals surface area contributed by atoms with E-state index in [1.165, 1.54) is 31.2 Å². The zero-order valence-electron chi connectivity index (χ0n) is 16.0. The maximum Gasteiger partial charge on any atom is 0.294 e. The molecule has 0 saturated carbocycles. The monoisotopic (exact) mass is 441 g/mol. The molecule has 9 nitrogen and oxygen atoms in total. The van der Waals surface area contributed by atoms with Crippen LogP contribution in [-0.2, 0) is 24.4 Å². The highest BCUT2D eigenvalue weighted by molar-refractivity contribution is 7.85. The molecule has 0 spiro atoms. The van der Waals surface area contributed by atoms with Gasteiger partial charge in [0, 0.05) is 30.7 Å². The van der Waals surface area contributed by atoms with Gasteiger partial charge in [0.1, 0.15) is 5.82 Å². The molecule has 1 aromatic carbocycles. The Hall–Kier alpha value is -2.34. The summed E-state index contributed by atoms with van der Waals surface area (Å²) in [5.74, 6) is -0.567. The van der Waals surface area contributed by atoms with Gasteiger partial charge in [0.05, 0.1) is 23.7 Å². The summed E-state index contributed by atoms with van der Waals surface area (Å²) in [6.45, 7) is 3.63. The number of hydrogen-bond donors (Lipinski definition) is 4. The molecule has 11 heteroatoms. The predicted octanol–water partition coefficient (Wildman–Crippen LogP) is 1.04. The minimum atomic E-state index is -4.42. The Bertz CT molecular complexity index is 950. The van der Waals surface area contributed by atoms with Crippen LogP contribution in [0, 0.1) is 0 Å². The van der Waals surface area contributed by atoms with Crippen molar-refractivity contribution in [1.29, 1.82) is 0 Å². The Balaban J connectivity index is 2.31. The van der Waals surface area contributed by atoms with Crippen molar-refractivity contribution in [2.24, 2.45) is 0 Å². The molecule has 1 aromatic rings. The van der Waals surface area contributed by atoms with Crippen molar-refractivity contribution in [1.82, 2.24) is 10.2 Å². The first kappa shape index (κ1) is 22.9. The normalized spacial score (nSPS) is 16.1. The molecule has 0 bridgehead atoms. The van der Waals surface area contributed by atoms with Gasteiger partial charge < -0.3 is 20.3 Å². The zero-order valence-corrected chi connectivity index (χ0v) is 17.7. The maximum absolute atomic E-state index is 12.6. The van der Waals surface area contributed by atoms with Gasteiger partial charge in [-0.25, -0.2) is 0 Å². The lowest BCUT2D eigenvalue weighted by molar-refractivity contribution is -0.118. The lowest BCUT2D eigenvalue weighted by Crippen LogP contribution is -2.39. The molecule has 3 N–H and O–H groups in total. The van der Waals surface area contributed by atoms with Crippen LogP contribution in [0.4, 0.5) is 5.69 Å². The topological polar surface area (TPSA) is 125 Å². The smallest absolute Gasteiger partial charge is 0.294 e. The fourth-order valence-corrected chi connectivity index (χ4v) is 3.61. The lowest BCUT2D eigenvalue weighted by atomic mass is 10.1. The van der Waals surface area contributed by atoms with Crippen molar-refractivity contribution in [3.8, 4) is 0 Å². The van der Waals surface area contributed by atoms with Crippen molar-refractivity contribution in [3.05, 3.63) is 46.6 Å². The fourth-order valence-electron chi connectivity index (χ4n) is 2.70. The number of nitrogens with one attached hydrogen (secondary N) is 2. The first-order valence-corrected chi connectivity index (χ1v) is 10.6. The number of benzene rings is 1. The lowest BCUT2D eigenvalue weighted by Gasteiger charge is -2.31. The predicted molar refractivity (Wildman–Crippen MR) is 111 cm³/mol. The van der Waals surface area contributed by atoms with E-state index in [0.29, 0.717) is 37.0 Å².